The number of carbonyl (C=O) groups is 1. The molecule has 0 aromatic heterocycles. The molecule has 1 N–H and O–H groups in total. The van der Waals surface area contributed by atoms with Crippen molar-refractivity contribution >= 4 is 17.7 Å². The van der Waals surface area contributed by atoms with Crippen LogP contribution in [0.2, 0.25) is 0 Å². The monoisotopic (exact) mass is 252 g/mol. The second-order valence-electron chi connectivity index (χ2n) is 4.80. The molecule has 0 fully saturated rings. The smallest absolute Gasteiger partial charge is 0.314 e. The van der Waals surface area contributed by atoms with E-state index >= 15 is 0 Å². The molecule has 0 aliphatic heterocycles. The van der Waals surface area contributed by atoms with Crippen LogP contribution in [0.5, 0.6) is 0 Å². The predicted molar refractivity (Wildman–Crippen MR) is 74.0 cm³/mol. The summed E-state index contributed by atoms with van der Waals surface area (Å²) < 4.78 is 0. The van der Waals surface area contributed by atoms with Gasteiger partial charge in [0.15, 0.2) is 0 Å². The number of carboxylic acids is 1. The Kier molecular flexibility index (Phi) is 4.63. The van der Waals surface area contributed by atoms with Crippen molar-refractivity contribution in [2.75, 3.05) is 5.75 Å². The number of rotatable bonds is 4. The van der Waals surface area contributed by atoms with E-state index in [4.69, 9.17) is 0 Å². The summed E-state index contributed by atoms with van der Waals surface area (Å²) in [5.74, 6) is 0.113. The number of hydrogen-bond donors (Lipinski definition) is 1. The third-order valence-corrected chi connectivity index (χ3v) is 4.45. The lowest BCUT2D eigenvalue weighted by molar-refractivity contribution is -0.147. The van der Waals surface area contributed by atoms with E-state index in [1.54, 1.807) is 11.8 Å². The highest BCUT2D eigenvalue weighted by Gasteiger charge is 2.42. The van der Waals surface area contributed by atoms with Gasteiger partial charge < -0.3 is 5.11 Å². The third-order valence-electron chi connectivity index (χ3n) is 3.24. The van der Waals surface area contributed by atoms with E-state index < -0.39 is 11.4 Å². The largest absolute Gasteiger partial charge is 0.481 e. The summed E-state index contributed by atoms with van der Waals surface area (Å²) in [6, 6.07) is 0. The summed E-state index contributed by atoms with van der Waals surface area (Å²) in [6.45, 7) is 7.87. The number of carboxylic acid groups (broad SMARTS) is 1. The van der Waals surface area contributed by atoms with Crippen molar-refractivity contribution in [1.29, 1.82) is 0 Å². The molecule has 2 nitrogen and oxygen atoms in total. The molecule has 0 aromatic carbocycles. The van der Waals surface area contributed by atoms with Gasteiger partial charge in [-0.25, -0.2) is 0 Å². The van der Waals surface area contributed by atoms with Gasteiger partial charge in [0.1, 0.15) is 5.41 Å². The van der Waals surface area contributed by atoms with Gasteiger partial charge >= 0.3 is 5.97 Å². The van der Waals surface area contributed by atoms with Crippen molar-refractivity contribution in [3.8, 4) is 0 Å². The van der Waals surface area contributed by atoms with Crippen molar-refractivity contribution < 1.29 is 9.90 Å². The highest BCUT2D eigenvalue weighted by molar-refractivity contribution is 8.03. The molecule has 1 aliphatic rings. The fourth-order valence-corrected chi connectivity index (χ4v) is 3.04. The molecular formula is C14H20O2S. The molecule has 0 aromatic rings. The second kappa shape index (κ2) is 5.58. The van der Waals surface area contributed by atoms with Crippen LogP contribution in [0.1, 0.15) is 27.7 Å². The van der Waals surface area contributed by atoms with Crippen LogP contribution in [0.15, 0.2) is 34.8 Å². The first-order valence-corrected chi connectivity index (χ1v) is 6.76. The van der Waals surface area contributed by atoms with Crippen LogP contribution < -0.4 is 0 Å². The lowest BCUT2D eigenvalue weighted by Gasteiger charge is -2.33. The SMILES string of the molecule is CC(C)=CCSC1=CC=CC(C)C1(C)C(=O)O. The summed E-state index contributed by atoms with van der Waals surface area (Å²) in [6.07, 6.45) is 7.97. The van der Waals surface area contributed by atoms with E-state index in [2.05, 4.69) is 19.9 Å². The minimum absolute atomic E-state index is 0.0270. The van der Waals surface area contributed by atoms with E-state index in [0.717, 1.165) is 10.7 Å². The average Bonchev–Trinajstić information content (AvgIpc) is 2.23. The standard InChI is InChI=1S/C14H20O2S/c1-10(2)8-9-17-12-7-5-6-11(3)14(12,4)13(15)16/h5-8,11H,9H2,1-4H3,(H,15,16). The summed E-state index contributed by atoms with van der Waals surface area (Å²) in [5.41, 5.74) is 0.476. The Morgan fingerprint density at radius 2 is 2.24 bits per heavy atom. The average molecular weight is 252 g/mol. The topological polar surface area (TPSA) is 37.3 Å². The van der Waals surface area contributed by atoms with Crippen LogP contribution in [-0.2, 0) is 4.79 Å². The molecule has 0 spiro atoms. The van der Waals surface area contributed by atoms with Crippen molar-refractivity contribution in [2.45, 2.75) is 27.7 Å². The maximum Gasteiger partial charge on any atom is 0.314 e. The molecule has 2 unspecified atom stereocenters. The van der Waals surface area contributed by atoms with E-state index in [9.17, 15) is 9.90 Å². The highest BCUT2D eigenvalue weighted by atomic mass is 32.2. The van der Waals surface area contributed by atoms with Crippen LogP contribution in [-0.4, -0.2) is 16.8 Å². The maximum atomic E-state index is 11.5. The van der Waals surface area contributed by atoms with Gasteiger partial charge in [-0.1, -0.05) is 36.8 Å². The lowest BCUT2D eigenvalue weighted by atomic mass is 9.75. The van der Waals surface area contributed by atoms with Crippen molar-refractivity contribution in [3.05, 3.63) is 34.8 Å². The Bertz CT molecular complexity index is 389. The van der Waals surface area contributed by atoms with Crippen LogP contribution in [0.4, 0.5) is 0 Å². The van der Waals surface area contributed by atoms with E-state index in [0.29, 0.717) is 0 Å². The van der Waals surface area contributed by atoms with Crippen LogP contribution >= 0.6 is 11.8 Å². The second-order valence-corrected chi connectivity index (χ2v) is 5.87. The summed E-state index contributed by atoms with van der Waals surface area (Å²) >= 11 is 1.62. The van der Waals surface area contributed by atoms with Gasteiger partial charge in [-0.05, 0) is 26.7 Å². The minimum Gasteiger partial charge on any atom is -0.481 e. The molecule has 0 amide bonds. The zero-order chi connectivity index (χ0) is 13.1. The molecule has 1 aliphatic carbocycles. The Labute approximate surface area is 107 Å². The molecule has 0 saturated carbocycles. The third kappa shape index (κ3) is 3.03. The van der Waals surface area contributed by atoms with E-state index in [-0.39, 0.29) is 5.92 Å². The zero-order valence-electron chi connectivity index (χ0n) is 10.9. The van der Waals surface area contributed by atoms with Crippen molar-refractivity contribution in [3.63, 3.8) is 0 Å². The van der Waals surface area contributed by atoms with Crippen LogP contribution in [0.3, 0.4) is 0 Å². The van der Waals surface area contributed by atoms with Crippen molar-refractivity contribution in [1.82, 2.24) is 0 Å². The van der Waals surface area contributed by atoms with Gasteiger partial charge in [0.2, 0.25) is 0 Å². The molecule has 0 saturated heterocycles. The highest BCUT2D eigenvalue weighted by Crippen LogP contribution is 2.44. The number of thioether (sulfide) groups is 1. The van der Waals surface area contributed by atoms with Crippen molar-refractivity contribution in [2.24, 2.45) is 11.3 Å². The number of aliphatic carboxylic acids is 1. The zero-order valence-corrected chi connectivity index (χ0v) is 11.7. The fourth-order valence-electron chi connectivity index (χ4n) is 1.70. The fraction of sp³-hybridized carbons (Fsp3) is 0.500. The van der Waals surface area contributed by atoms with Gasteiger partial charge in [-0.3, -0.25) is 4.79 Å². The Balaban J connectivity index is 2.87. The molecule has 0 heterocycles. The Morgan fingerprint density at radius 3 is 2.76 bits per heavy atom. The number of allylic oxidation sites excluding steroid dienone is 4. The maximum absolute atomic E-state index is 11.5. The van der Waals surface area contributed by atoms with Gasteiger partial charge in [-0.2, -0.15) is 0 Å². The molecule has 1 rings (SSSR count). The Hall–Kier alpha value is -0.960. The summed E-state index contributed by atoms with van der Waals surface area (Å²) in [5, 5.41) is 9.44. The molecule has 0 bridgehead atoms. The van der Waals surface area contributed by atoms with Crippen LogP contribution in [0.25, 0.3) is 0 Å². The van der Waals surface area contributed by atoms with Gasteiger partial charge in [0.05, 0.1) is 0 Å². The first-order valence-electron chi connectivity index (χ1n) is 5.77. The first kappa shape index (κ1) is 14.1. The van der Waals surface area contributed by atoms with Crippen LogP contribution in [0, 0.1) is 11.3 Å². The molecular weight excluding hydrogens is 232 g/mol. The molecule has 2 atom stereocenters. The molecule has 17 heavy (non-hydrogen) atoms. The molecule has 0 radical (unpaired) electrons. The predicted octanol–water partition coefficient (Wildman–Crippen LogP) is 3.87. The first-order chi connectivity index (χ1) is 7.89. The normalized spacial score (nSPS) is 27.5. The van der Waals surface area contributed by atoms with E-state index in [1.165, 1.54) is 5.57 Å². The van der Waals surface area contributed by atoms with Gasteiger partial charge in [0, 0.05) is 10.7 Å². The lowest BCUT2D eigenvalue weighted by Crippen LogP contribution is -2.36. The molecule has 3 heteroatoms. The quantitative estimate of drug-likeness (QED) is 0.772. The molecule has 94 valence electrons. The summed E-state index contributed by atoms with van der Waals surface area (Å²) in [7, 11) is 0. The minimum atomic E-state index is -0.783. The van der Waals surface area contributed by atoms with Gasteiger partial charge in [0.25, 0.3) is 0 Å². The summed E-state index contributed by atoms with van der Waals surface area (Å²) in [4.78, 5) is 12.4. The van der Waals surface area contributed by atoms with E-state index in [1.807, 2.05) is 32.1 Å². The number of hydrogen-bond acceptors (Lipinski definition) is 2. The van der Waals surface area contributed by atoms with Gasteiger partial charge in [-0.15, -0.1) is 11.8 Å². The Morgan fingerprint density at radius 1 is 1.59 bits per heavy atom.